The number of aliphatic hydroxyl groups is 1. The summed E-state index contributed by atoms with van der Waals surface area (Å²) in [5, 5.41) is 11.8. The first kappa shape index (κ1) is 10.8. The van der Waals surface area contributed by atoms with E-state index < -0.39 is 5.60 Å². The van der Waals surface area contributed by atoms with Crippen molar-refractivity contribution in [2.45, 2.75) is 38.7 Å². The van der Waals surface area contributed by atoms with Gasteiger partial charge in [-0.3, -0.25) is 0 Å². The fraction of sp³-hybridized carbons (Fsp3) is 0.467. The van der Waals surface area contributed by atoms with Crippen molar-refractivity contribution in [1.82, 2.24) is 0 Å². The number of furan rings is 1. The maximum Gasteiger partial charge on any atom is 0.137 e. The van der Waals surface area contributed by atoms with Crippen molar-refractivity contribution in [1.29, 1.82) is 0 Å². The molecule has 1 aromatic heterocycles. The Balaban J connectivity index is 2.12. The zero-order chi connectivity index (χ0) is 12.0. The molecule has 0 bridgehead atoms. The maximum atomic E-state index is 10.7. The van der Waals surface area contributed by atoms with Gasteiger partial charge in [-0.2, -0.15) is 0 Å². The Kier molecular flexibility index (Phi) is 2.30. The molecule has 0 aliphatic heterocycles. The van der Waals surface area contributed by atoms with Crippen LogP contribution in [0.4, 0.5) is 0 Å². The van der Waals surface area contributed by atoms with E-state index in [1.807, 2.05) is 18.2 Å². The lowest BCUT2D eigenvalue weighted by atomic mass is 9.90. The minimum Gasteiger partial charge on any atom is -0.458 e. The van der Waals surface area contributed by atoms with E-state index in [1.54, 1.807) is 0 Å². The van der Waals surface area contributed by atoms with Gasteiger partial charge in [0.25, 0.3) is 0 Å². The summed E-state index contributed by atoms with van der Waals surface area (Å²) in [6.07, 6.45) is 2.97. The Labute approximate surface area is 101 Å². The Morgan fingerprint density at radius 1 is 1.35 bits per heavy atom. The molecule has 1 N–H and O–H groups in total. The Bertz CT molecular complexity index is 555. The van der Waals surface area contributed by atoms with E-state index in [9.17, 15) is 5.11 Å². The number of aryl methyl sites for hydroxylation is 1. The Hall–Kier alpha value is -1.28. The third-order valence-electron chi connectivity index (χ3n) is 4.11. The van der Waals surface area contributed by atoms with Gasteiger partial charge in [-0.25, -0.2) is 0 Å². The van der Waals surface area contributed by atoms with Crippen molar-refractivity contribution < 1.29 is 9.52 Å². The molecule has 1 heterocycles. The highest BCUT2D eigenvalue weighted by molar-refractivity contribution is 5.78. The van der Waals surface area contributed by atoms with Gasteiger partial charge in [0.2, 0.25) is 0 Å². The molecule has 0 spiro atoms. The van der Waals surface area contributed by atoms with E-state index in [-0.39, 0.29) is 5.92 Å². The van der Waals surface area contributed by atoms with E-state index in [0.717, 1.165) is 36.0 Å². The molecular formula is C15H18O2. The summed E-state index contributed by atoms with van der Waals surface area (Å²) in [6.45, 7) is 4.17. The van der Waals surface area contributed by atoms with Gasteiger partial charge in [0.05, 0.1) is 0 Å². The van der Waals surface area contributed by atoms with Crippen LogP contribution in [0, 0.1) is 12.8 Å². The molecule has 0 radical (unpaired) electrons. The second-order valence-corrected chi connectivity index (χ2v) is 5.37. The minimum absolute atomic E-state index is 0.282. The van der Waals surface area contributed by atoms with Crippen molar-refractivity contribution in [3.05, 3.63) is 35.6 Å². The first-order valence-corrected chi connectivity index (χ1v) is 6.33. The molecular weight excluding hydrogens is 212 g/mol. The minimum atomic E-state index is -0.757. The number of hydrogen-bond acceptors (Lipinski definition) is 2. The first-order valence-electron chi connectivity index (χ1n) is 6.33. The van der Waals surface area contributed by atoms with Crippen LogP contribution in [-0.4, -0.2) is 5.11 Å². The molecule has 2 unspecified atom stereocenters. The summed E-state index contributed by atoms with van der Waals surface area (Å²) in [4.78, 5) is 0. The normalized spacial score (nSPS) is 29.0. The second kappa shape index (κ2) is 3.61. The molecule has 2 heteroatoms. The van der Waals surface area contributed by atoms with Crippen molar-refractivity contribution in [3.8, 4) is 0 Å². The Morgan fingerprint density at radius 2 is 2.18 bits per heavy atom. The predicted octanol–water partition coefficient (Wildman–Crippen LogP) is 3.75. The average Bonchev–Trinajstić information content (AvgIpc) is 2.84. The zero-order valence-electron chi connectivity index (χ0n) is 10.4. The monoisotopic (exact) mass is 230 g/mol. The average molecular weight is 230 g/mol. The van der Waals surface area contributed by atoms with Crippen LogP contribution >= 0.6 is 0 Å². The molecule has 1 aromatic carbocycles. The lowest BCUT2D eigenvalue weighted by Crippen LogP contribution is -2.27. The topological polar surface area (TPSA) is 33.4 Å². The number of hydrogen-bond donors (Lipinski definition) is 1. The summed E-state index contributed by atoms with van der Waals surface area (Å²) in [6, 6.07) is 8.13. The van der Waals surface area contributed by atoms with Crippen molar-refractivity contribution in [2.24, 2.45) is 5.92 Å². The standard InChI is InChI=1S/C15H18O2/c1-10-5-6-13-12(8-10)9-14(17-13)15(16)7-3-4-11(15)2/h5-6,8-9,11,16H,3-4,7H2,1-2H3. The Morgan fingerprint density at radius 3 is 2.88 bits per heavy atom. The summed E-state index contributed by atoms with van der Waals surface area (Å²) in [5.74, 6) is 1.02. The van der Waals surface area contributed by atoms with Crippen LogP contribution in [0.2, 0.25) is 0 Å². The molecule has 0 amide bonds. The first-order chi connectivity index (χ1) is 8.09. The van der Waals surface area contributed by atoms with E-state index in [4.69, 9.17) is 4.42 Å². The third kappa shape index (κ3) is 1.59. The highest BCUT2D eigenvalue weighted by Crippen LogP contribution is 2.44. The molecule has 90 valence electrons. The van der Waals surface area contributed by atoms with Gasteiger partial charge < -0.3 is 9.52 Å². The highest BCUT2D eigenvalue weighted by Gasteiger charge is 2.42. The van der Waals surface area contributed by atoms with E-state index in [1.165, 1.54) is 5.56 Å². The quantitative estimate of drug-likeness (QED) is 0.809. The second-order valence-electron chi connectivity index (χ2n) is 5.37. The van der Waals surface area contributed by atoms with Gasteiger partial charge in [0.15, 0.2) is 0 Å². The summed E-state index contributed by atoms with van der Waals surface area (Å²) >= 11 is 0. The van der Waals surface area contributed by atoms with Gasteiger partial charge in [-0.05, 0) is 50.3 Å². The van der Waals surface area contributed by atoms with Crippen LogP contribution in [0.1, 0.15) is 37.5 Å². The van der Waals surface area contributed by atoms with Crippen LogP contribution < -0.4 is 0 Å². The molecule has 1 aliphatic carbocycles. The van der Waals surface area contributed by atoms with Crippen LogP contribution in [0.5, 0.6) is 0 Å². The lowest BCUT2D eigenvalue weighted by Gasteiger charge is -2.24. The molecule has 1 aliphatic rings. The van der Waals surface area contributed by atoms with Gasteiger partial charge in [-0.15, -0.1) is 0 Å². The maximum absolute atomic E-state index is 10.7. The molecule has 17 heavy (non-hydrogen) atoms. The van der Waals surface area contributed by atoms with Crippen LogP contribution in [-0.2, 0) is 5.60 Å². The molecule has 2 nitrogen and oxygen atoms in total. The van der Waals surface area contributed by atoms with Crippen molar-refractivity contribution in [2.75, 3.05) is 0 Å². The number of rotatable bonds is 1. The van der Waals surface area contributed by atoms with Crippen LogP contribution in [0.3, 0.4) is 0 Å². The van der Waals surface area contributed by atoms with E-state index >= 15 is 0 Å². The van der Waals surface area contributed by atoms with E-state index in [2.05, 4.69) is 19.9 Å². The molecule has 1 saturated carbocycles. The number of fused-ring (bicyclic) bond motifs is 1. The van der Waals surface area contributed by atoms with Gasteiger partial charge in [0.1, 0.15) is 16.9 Å². The fourth-order valence-electron chi connectivity index (χ4n) is 2.91. The molecule has 1 fully saturated rings. The van der Waals surface area contributed by atoms with Crippen LogP contribution in [0.15, 0.2) is 28.7 Å². The summed E-state index contributed by atoms with van der Waals surface area (Å²) < 4.78 is 5.83. The predicted molar refractivity (Wildman–Crippen MR) is 67.9 cm³/mol. The zero-order valence-corrected chi connectivity index (χ0v) is 10.4. The summed E-state index contributed by atoms with van der Waals surface area (Å²) in [7, 11) is 0. The van der Waals surface area contributed by atoms with Crippen molar-refractivity contribution >= 4 is 11.0 Å². The van der Waals surface area contributed by atoms with Gasteiger partial charge in [0, 0.05) is 5.39 Å². The van der Waals surface area contributed by atoms with Crippen molar-refractivity contribution in [3.63, 3.8) is 0 Å². The molecule has 2 aromatic rings. The molecule has 2 atom stereocenters. The largest absolute Gasteiger partial charge is 0.458 e. The third-order valence-corrected chi connectivity index (χ3v) is 4.11. The van der Waals surface area contributed by atoms with Gasteiger partial charge >= 0.3 is 0 Å². The fourth-order valence-corrected chi connectivity index (χ4v) is 2.91. The number of benzene rings is 1. The molecule has 3 rings (SSSR count). The lowest BCUT2D eigenvalue weighted by molar-refractivity contribution is -0.0143. The van der Waals surface area contributed by atoms with Crippen LogP contribution in [0.25, 0.3) is 11.0 Å². The smallest absolute Gasteiger partial charge is 0.137 e. The molecule has 0 saturated heterocycles. The van der Waals surface area contributed by atoms with E-state index in [0.29, 0.717) is 0 Å². The van der Waals surface area contributed by atoms with Gasteiger partial charge in [-0.1, -0.05) is 18.6 Å². The summed E-state index contributed by atoms with van der Waals surface area (Å²) in [5.41, 5.74) is 1.34. The highest BCUT2D eigenvalue weighted by atomic mass is 16.4. The SMILES string of the molecule is Cc1ccc2oc(C3(O)CCCC3C)cc2c1.